The molecule has 1 fully saturated rings. The molecule has 1 atom stereocenters. The highest BCUT2D eigenvalue weighted by molar-refractivity contribution is 5.79. The third-order valence-corrected chi connectivity index (χ3v) is 4.35. The summed E-state index contributed by atoms with van der Waals surface area (Å²) >= 11 is 0. The first-order valence-corrected chi connectivity index (χ1v) is 7.66. The molecule has 0 radical (unpaired) electrons. The maximum atomic E-state index is 13.2. The lowest BCUT2D eigenvalue weighted by molar-refractivity contribution is -0.0170. The maximum absolute atomic E-state index is 13.2. The van der Waals surface area contributed by atoms with Gasteiger partial charge in [0, 0.05) is 30.5 Å². The molecule has 1 aliphatic heterocycles. The molecular weight excluding hydrogens is 271 g/mol. The summed E-state index contributed by atoms with van der Waals surface area (Å²) in [5.74, 6) is 0.0181. The lowest BCUT2D eigenvalue weighted by Gasteiger charge is -2.34. The molecule has 21 heavy (non-hydrogen) atoms. The Morgan fingerprint density at radius 1 is 1.43 bits per heavy atom. The number of benzene rings is 1. The van der Waals surface area contributed by atoms with Gasteiger partial charge in [0.05, 0.1) is 5.69 Å². The van der Waals surface area contributed by atoms with E-state index in [0.717, 1.165) is 49.9 Å². The van der Waals surface area contributed by atoms with Gasteiger partial charge in [-0.3, -0.25) is 4.90 Å². The lowest BCUT2D eigenvalue weighted by atomic mass is 9.91. The SMILES string of the molecule is CCCC(O)N1CCC(c2noc3cc(F)ccc23)CC1. The number of rotatable bonds is 4. The second-order valence-electron chi connectivity index (χ2n) is 5.79. The zero-order valence-corrected chi connectivity index (χ0v) is 12.3. The monoisotopic (exact) mass is 292 g/mol. The normalized spacial score (nSPS) is 19.2. The quantitative estimate of drug-likeness (QED) is 0.939. The predicted octanol–water partition coefficient (Wildman–Crippen LogP) is 3.26. The number of fused-ring (bicyclic) bond motifs is 1. The molecule has 1 aromatic heterocycles. The van der Waals surface area contributed by atoms with Crippen molar-refractivity contribution in [1.29, 1.82) is 0 Å². The average Bonchev–Trinajstić information content (AvgIpc) is 2.90. The second-order valence-corrected chi connectivity index (χ2v) is 5.79. The van der Waals surface area contributed by atoms with E-state index in [2.05, 4.69) is 17.0 Å². The van der Waals surface area contributed by atoms with Crippen LogP contribution >= 0.6 is 0 Å². The molecule has 2 heterocycles. The van der Waals surface area contributed by atoms with Crippen LogP contribution in [0.4, 0.5) is 4.39 Å². The van der Waals surface area contributed by atoms with Gasteiger partial charge >= 0.3 is 0 Å². The third kappa shape index (κ3) is 2.94. The lowest BCUT2D eigenvalue weighted by Crippen LogP contribution is -2.40. The fraction of sp³-hybridized carbons (Fsp3) is 0.562. The molecule has 4 nitrogen and oxygen atoms in total. The van der Waals surface area contributed by atoms with Gasteiger partial charge in [-0.25, -0.2) is 4.39 Å². The Kier molecular flexibility index (Phi) is 4.22. The van der Waals surface area contributed by atoms with Crippen LogP contribution in [0.3, 0.4) is 0 Å². The zero-order chi connectivity index (χ0) is 14.8. The number of aliphatic hydroxyl groups excluding tert-OH is 1. The Bertz CT molecular complexity index is 605. The van der Waals surface area contributed by atoms with Crippen LogP contribution in [0.2, 0.25) is 0 Å². The summed E-state index contributed by atoms with van der Waals surface area (Å²) in [6.07, 6.45) is 3.36. The predicted molar refractivity (Wildman–Crippen MR) is 78.4 cm³/mol. The van der Waals surface area contributed by atoms with Crippen molar-refractivity contribution in [3.8, 4) is 0 Å². The van der Waals surface area contributed by atoms with E-state index >= 15 is 0 Å². The molecule has 1 saturated heterocycles. The van der Waals surface area contributed by atoms with Crippen LogP contribution in [0.15, 0.2) is 22.7 Å². The number of piperidine rings is 1. The molecule has 0 amide bonds. The van der Waals surface area contributed by atoms with Gasteiger partial charge in [0.2, 0.25) is 0 Å². The van der Waals surface area contributed by atoms with Gasteiger partial charge in [0.15, 0.2) is 5.58 Å². The van der Waals surface area contributed by atoms with Crippen molar-refractivity contribution in [2.75, 3.05) is 13.1 Å². The molecule has 1 unspecified atom stereocenters. The second kappa shape index (κ2) is 6.12. The molecule has 0 saturated carbocycles. The van der Waals surface area contributed by atoms with Crippen LogP contribution in [-0.2, 0) is 0 Å². The fourth-order valence-electron chi connectivity index (χ4n) is 3.14. The highest BCUT2D eigenvalue weighted by atomic mass is 19.1. The number of hydrogen-bond acceptors (Lipinski definition) is 4. The van der Waals surface area contributed by atoms with E-state index in [1.54, 1.807) is 6.07 Å². The zero-order valence-electron chi connectivity index (χ0n) is 12.3. The number of nitrogens with zero attached hydrogens (tertiary/aromatic N) is 2. The average molecular weight is 292 g/mol. The van der Waals surface area contributed by atoms with Crippen LogP contribution < -0.4 is 0 Å². The van der Waals surface area contributed by atoms with E-state index in [4.69, 9.17) is 4.52 Å². The van der Waals surface area contributed by atoms with Crippen molar-refractivity contribution in [2.24, 2.45) is 0 Å². The van der Waals surface area contributed by atoms with Gasteiger partial charge in [-0.15, -0.1) is 0 Å². The molecule has 2 aromatic rings. The number of aromatic nitrogens is 1. The summed E-state index contributed by atoms with van der Waals surface area (Å²) in [7, 11) is 0. The van der Waals surface area contributed by atoms with Crippen molar-refractivity contribution < 1.29 is 14.0 Å². The minimum Gasteiger partial charge on any atom is -0.378 e. The molecule has 0 aliphatic carbocycles. The van der Waals surface area contributed by atoms with E-state index in [9.17, 15) is 9.50 Å². The Hall–Kier alpha value is -1.46. The van der Waals surface area contributed by atoms with Crippen molar-refractivity contribution in [3.05, 3.63) is 29.7 Å². The van der Waals surface area contributed by atoms with Crippen molar-refractivity contribution in [1.82, 2.24) is 10.1 Å². The van der Waals surface area contributed by atoms with Gasteiger partial charge in [0.1, 0.15) is 12.0 Å². The molecule has 3 rings (SSSR count). The Labute approximate surface area is 123 Å². The van der Waals surface area contributed by atoms with E-state index in [0.29, 0.717) is 11.5 Å². The first-order chi connectivity index (χ1) is 10.2. The number of hydrogen-bond donors (Lipinski definition) is 1. The molecule has 5 heteroatoms. The van der Waals surface area contributed by atoms with Crippen molar-refractivity contribution in [2.45, 2.75) is 44.8 Å². The molecule has 0 spiro atoms. The van der Waals surface area contributed by atoms with E-state index in [-0.39, 0.29) is 12.0 Å². The summed E-state index contributed by atoms with van der Waals surface area (Å²) in [4.78, 5) is 2.13. The Balaban J connectivity index is 1.71. The molecule has 1 N–H and O–H groups in total. The molecule has 0 bridgehead atoms. The van der Waals surface area contributed by atoms with Crippen LogP contribution in [0.1, 0.15) is 44.2 Å². The summed E-state index contributed by atoms with van der Waals surface area (Å²) in [6.45, 7) is 3.80. The first kappa shape index (κ1) is 14.5. The van der Waals surface area contributed by atoms with Gasteiger partial charge < -0.3 is 9.63 Å². The minimum absolute atomic E-state index is 0.303. The van der Waals surface area contributed by atoms with Crippen LogP contribution in [0.25, 0.3) is 11.0 Å². The van der Waals surface area contributed by atoms with Gasteiger partial charge in [-0.05, 0) is 31.4 Å². The minimum atomic E-state index is -0.334. The van der Waals surface area contributed by atoms with Crippen LogP contribution in [0.5, 0.6) is 0 Å². The summed E-state index contributed by atoms with van der Waals surface area (Å²) in [5, 5.41) is 15.1. The highest BCUT2D eigenvalue weighted by Crippen LogP contribution is 2.33. The number of likely N-dealkylation sites (tertiary alicyclic amines) is 1. The van der Waals surface area contributed by atoms with Crippen LogP contribution in [0, 0.1) is 5.82 Å². The maximum Gasteiger partial charge on any atom is 0.170 e. The Morgan fingerprint density at radius 3 is 2.90 bits per heavy atom. The molecule has 1 aliphatic rings. The topological polar surface area (TPSA) is 49.5 Å². The van der Waals surface area contributed by atoms with Crippen molar-refractivity contribution in [3.63, 3.8) is 0 Å². The molecule has 114 valence electrons. The van der Waals surface area contributed by atoms with Gasteiger partial charge in [-0.2, -0.15) is 0 Å². The van der Waals surface area contributed by atoms with Gasteiger partial charge in [0.25, 0.3) is 0 Å². The van der Waals surface area contributed by atoms with Crippen LogP contribution in [-0.4, -0.2) is 34.5 Å². The highest BCUT2D eigenvalue weighted by Gasteiger charge is 2.27. The Morgan fingerprint density at radius 2 is 2.19 bits per heavy atom. The molecular formula is C16H21FN2O2. The summed E-state index contributed by atoms with van der Waals surface area (Å²) < 4.78 is 18.4. The van der Waals surface area contributed by atoms with E-state index < -0.39 is 0 Å². The van der Waals surface area contributed by atoms with E-state index in [1.165, 1.54) is 12.1 Å². The summed E-state index contributed by atoms with van der Waals surface area (Å²) in [5.41, 5.74) is 1.44. The smallest absolute Gasteiger partial charge is 0.170 e. The third-order valence-electron chi connectivity index (χ3n) is 4.35. The number of aliphatic hydroxyl groups is 1. The largest absolute Gasteiger partial charge is 0.378 e. The van der Waals surface area contributed by atoms with Gasteiger partial charge in [-0.1, -0.05) is 18.5 Å². The standard InChI is InChI=1S/C16H21FN2O2/c1-2-3-15(20)19-8-6-11(7-9-19)16-13-5-4-12(17)10-14(13)21-18-16/h4-5,10-11,15,20H,2-3,6-9H2,1H3. The summed E-state index contributed by atoms with van der Waals surface area (Å²) in [6, 6.07) is 4.57. The van der Waals surface area contributed by atoms with E-state index in [1.807, 2.05) is 0 Å². The number of halogens is 1. The fourth-order valence-corrected chi connectivity index (χ4v) is 3.14. The van der Waals surface area contributed by atoms with Crippen molar-refractivity contribution >= 4 is 11.0 Å². The first-order valence-electron chi connectivity index (χ1n) is 7.66. The molecule has 1 aromatic carbocycles.